The van der Waals surface area contributed by atoms with Gasteiger partial charge in [0.15, 0.2) is 5.54 Å². The topological polar surface area (TPSA) is 58.4 Å². The molecule has 5 nitrogen and oxygen atoms in total. The molecule has 6 heteroatoms. The highest BCUT2D eigenvalue weighted by molar-refractivity contribution is 7.19. The summed E-state index contributed by atoms with van der Waals surface area (Å²) in [5.41, 5.74) is 0.0820. The molecule has 0 atom stereocenters. The van der Waals surface area contributed by atoms with Crippen LogP contribution in [0.2, 0.25) is 0 Å². The van der Waals surface area contributed by atoms with Crippen LogP contribution in [0.4, 0.5) is 0 Å². The van der Waals surface area contributed by atoms with Crippen molar-refractivity contribution in [1.82, 2.24) is 14.7 Å². The van der Waals surface area contributed by atoms with Gasteiger partial charge in [-0.15, -0.1) is 11.3 Å². The molecule has 1 N–H and O–H groups in total. The number of benzene rings is 1. The van der Waals surface area contributed by atoms with Gasteiger partial charge in [0.05, 0.1) is 6.20 Å². The predicted molar refractivity (Wildman–Crippen MR) is 98.9 cm³/mol. The maximum Gasteiger partial charge on any atom is 0.331 e. The molecule has 1 fully saturated rings. The SMILES string of the molecule is Cc1cnn(C2(C(=O)O)CCN(Cc3cc4ccccc4s3)CC2)c1. The summed E-state index contributed by atoms with van der Waals surface area (Å²) in [5.74, 6) is -0.780. The molecule has 1 aliphatic rings. The zero-order valence-corrected chi connectivity index (χ0v) is 15.0. The van der Waals surface area contributed by atoms with Gasteiger partial charge in [-0.1, -0.05) is 18.2 Å². The van der Waals surface area contributed by atoms with E-state index in [0.29, 0.717) is 12.8 Å². The molecular weight excluding hydrogens is 334 g/mol. The predicted octanol–water partition coefficient (Wildman–Crippen LogP) is 3.48. The average molecular weight is 355 g/mol. The number of hydrogen-bond donors (Lipinski definition) is 1. The fraction of sp³-hybridized carbons (Fsp3) is 0.368. The summed E-state index contributed by atoms with van der Waals surface area (Å²) in [7, 11) is 0. The molecule has 0 bridgehead atoms. The zero-order chi connectivity index (χ0) is 17.4. The van der Waals surface area contributed by atoms with Gasteiger partial charge in [0, 0.05) is 35.4 Å². The van der Waals surface area contributed by atoms with Crippen molar-refractivity contribution >= 4 is 27.4 Å². The van der Waals surface area contributed by atoms with Crippen LogP contribution in [0.3, 0.4) is 0 Å². The number of aromatic nitrogens is 2. The van der Waals surface area contributed by atoms with E-state index in [9.17, 15) is 9.90 Å². The first-order valence-electron chi connectivity index (χ1n) is 8.52. The molecule has 0 spiro atoms. The Morgan fingerprint density at radius 2 is 2.08 bits per heavy atom. The van der Waals surface area contributed by atoms with Gasteiger partial charge in [-0.2, -0.15) is 5.10 Å². The molecule has 1 aliphatic heterocycles. The number of piperidine rings is 1. The van der Waals surface area contributed by atoms with E-state index in [1.54, 1.807) is 10.9 Å². The highest BCUT2D eigenvalue weighted by Crippen LogP contribution is 2.32. The Hall–Kier alpha value is -2.18. The van der Waals surface area contributed by atoms with Gasteiger partial charge in [-0.3, -0.25) is 9.58 Å². The van der Waals surface area contributed by atoms with Crippen LogP contribution in [-0.2, 0) is 16.9 Å². The Bertz CT molecular complexity index is 873. The van der Waals surface area contributed by atoms with Crippen molar-refractivity contribution in [3.63, 3.8) is 0 Å². The molecule has 2 aromatic heterocycles. The third kappa shape index (κ3) is 2.96. The fourth-order valence-corrected chi connectivity index (χ4v) is 4.71. The van der Waals surface area contributed by atoms with Gasteiger partial charge in [0.1, 0.15) is 0 Å². The van der Waals surface area contributed by atoms with Gasteiger partial charge in [-0.05, 0) is 42.8 Å². The quantitative estimate of drug-likeness (QED) is 0.778. The lowest BCUT2D eigenvalue weighted by Crippen LogP contribution is -2.51. The number of carboxylic acid groups (broad SMARTS) is 1. The number of fused-ring (bicyclic) bond motifs is 1. The molecule has 3 aromatic rings. The maximum absolute atomic E-state index is 12.0. The molecule has 0 saturated carbocycles. The van der Waals surface area contributed by atoms with E-state index in [1.165, 1.54) is 15.0 Å². The summed E-state index contributed by atoms with van der Waals surface area (Å²) >= 11 is 1.82. The van der Waals surface area contributed by atoms with Crippen LogP contribution in [0.15, 0.2) is 42.7 Å². The average Bonchev–Trinajstić information content (AvgIpc) is 3.21. The summed E-state index contributed by atoms with van der Waals surface area (Å²) in [4.78, 5) is 15.7. The van der Waals surface area contributed by atoms with E-state index in [1.807, 2.05) is 24.5 Å². The molecule has 1 saturated heterocycles. The van der Waals surface area contributed by atoms with Crippen molar-refractivity contribution in [3.05, 3.63) is 53.2 Å². The zero-order valence-electron chi connectivity index (χ0n) is 14.2. The van der Waals surface area contributed by atoms with Crippen LogP contribution in [0.1, 0.15) is 23.3 Å². The first-order chi connectivity index (χ1) is 12.1. The second kappa shape index (κ2) is 6.28. The maximum atomic E-state index is 12.0. The van der Waals surface area contributed by atoms with Gasteiger partial charge in [0.2, 0.25) is 0 Å². The minimum absolute atomic E-state index is 0.578. The summed E-state index contributed by atoms with van der Waals surface area (Å²) in [6.07, 6.45) is 4.73. The van der Waals surface area contributed by atoms with Crippen molar-refractivity contribution in [1.29, 1.82) is 0 Å². The monoisotopic (exact) mass is 355 g/mol. The van der Waals surface area contributed by atoms with Crippen LogP contribution in [0.25, 0.3) is 10.1 Å². The third-order valence-electron chi connectivity index (χ3n) is 5.09. The number of nitrogens with zero attached hydrogens (tertiary/aromatic N) is 3. The highest BCUT2D eigenvalue weighted by atomic mass is 32.1. The number of thiophene rings is 1. The van der Waals surface area contributed by atoms with Crippen LogP contribution in [-0.4, -0.2) is 38.8 Å². The van der Waals surface area contributed by atoms with E-state index in [-0.39, 0.29) is 0 Å². The molecule has 25 heavy (non-hydrogen) atoms. The number of hydrogen-bond acceptors (Lipinski definition) is 4. The summed E-state index contributed by atoms with van der Waals surface area (Å²) in [6, 6.07) is 10.7. The van der Waals surface area contributed by atoms with Crippen molar-refractivity contribution in [3.8, 4) is 0 Å². The van der Waals surface area contributed by atoms with Crippen LogP contribution in [0, 0.1) is 6.92 Å². The molecular formula is C19H21N3O2S. The Balaban J connectivity index is 1.49. The van der Waals surface area contributed by atoms with Crippen LogP contribution < -0.4 is 0 Å². The second-order valence-electron chi connectivity index (χ2n) is 6.83. The van der Waals surface area contributed by atoms with Crippen LogP contribution >= 0.6 is 11.3 Å². The van der Waals surface area contributed by atoms with E-state index in [4.69, 9.17) is 0 Å². The Kier molecular flexibility index (Phi) is 4.09. The number of carboxylic acids is 1. The molecule has 3 heterocycles. The van der Waals surface area contributed by atoms with E-state index < -0.39 is 11.5 Å². The number of likely N-dealkylation sites (tertiary alicyclic amines) is 1. The van der Waals surface area contributed by atoms with Crippen molar-refractivity contribution in [2.45, 2.75) is 31.8 Å². The smallest absolute Gasteiger partial charge is 0.331 e. The number of aryl methyl sites for hydroxylation is 1. The van der Waals surface area contributed by atoms with Crippen LogP contribution in [0.5, 0.6) is 0 Å². The van der Waals surface area contributed by atoms with Crippen molar-refractivity contribution in [2.75, 3.05) is 13.1 Å². The van der Waals surface area contributed by atoms with E-state index in [0.717, 1.165) is 25.2 Å². The standard InChI is InChI=1S/C19H21N3O2S/c1-14-11-20-22(12-14)19(18(23)24)6-8-21(9-7-19)13-16-10-15-4-2-3-5-17(15)25-16/h2-5,10-12H,6-9,13H2,1H3,(H,23,24). The van der Waals surface area contributed by atoms with Crippen molar-refractivity contribution < 1.29 is 9.90 Å². The molecule has 0 radical (unpaired) electrons. The summed E-state index contributed by atoms with van der Waals surface area (Å²) in [6.45, 7) is 4.35. The molecule has 4 rings (SSSR count). The van der Waals surface area contributed by atoms with E-state index in [2.05, 4.69) is 40.3 Å². The molecule has 0 amide bonds. The van der Waals surface area contributed by atoms with Gasteiger partial charge < -0.3 is 5.11 Å². The normalized spacial score (nSPS) is 17.8. The fourth-order valence-electron chi connectivity index (χ4n) is 3.60. The number of rotatable bonds is 4. The Labute approximate surface area is 150 Å². The summed E-state index contributed by atoms with van der Waals surface area (Å²) < 4.78 is 2.96. The number of aliphatic carboxylic acids is 1. The van der Waals surface area contributed by atoms with Crippen molar-refractivity contribution in [2.24, 2.45) is 0 Å². The minimum Gasteiger partial charge on any atom is -0.479 e. The molecule has 0 aliphatic carbocycles. The molecule has 1 aromatic carbocycles. The molecule has 130 valence electrons. The molecule has 0 unspecified atom stereocenters. The lowest BCUT2D eigenvalue weighted by molar-refractivity contribution is -0.151. The van der Waals surface area contributed by atoms with Gasteiger partial charge in [0.25, 0.3) is 0 Å². The minimum atomic E-state index is -0.912. The summed E-state index contributed by atoms with van der Waals surface area (Å²) in [5, 5.41) is 15.4. The Morgan fingerprint density at radius 3 is 2.72 bits per heavy atom. The first-order valence-corrected chi connectivity index (χ1v) is 9.33. The highest BCUT2D eigenvalue weighted by Gasteiger charge is 2.44. The largest absolute Gasteiger partial charge is 0.479 e. The van der Waals surface area contributed by atoms with E-state index >= 15 is 0 Å². The first kappa shape index (κ1) is 16.3. The Morgan fingerprint density at radius 1 is 1.32 bits per heavy atom. The number of carbonyl (C=O) groups is 1. The third-order valence-corrected chi connectivity index (χ3v) is 6.19. The van der Waals surface area contributed by atoms with Gasteiger partial charge >= 0.3 is 5.97 Å². The van der Waals surface area contributed by atoms with Gasteiger partial charge in [-0.25, -0.2) is 4.79 Å². The second-order valence-corrected chi connectivity index (χ2v) is 7.99. The lowest BCUT2D eigenvalue weighted by atomic mass is 9.87. The lowest BCUT2D eigenvalue weighted by Gasteiger charge is -2.38.